The minimum atomic E-state index is 0.417. The summed E-state index contributed by atoms with van der Waals surface area (Å²) in [5.41, 5.74) is 9.19. The van der Waals surface area contributed by atoms with E-state index in [1.165, 1.54) is 0 Å². The quantitative estimate of drug-likeness (QED) is 0.625. The predicted molar refractivity (Wildman–Crippen MR) is 85.3 cm³/mol. The molecule has 2 aromatic carbocycles. The Morgan fingerprint density at radius 3 is 2.65 bits per heavy atom. The Bertz CT molecular complexity index is 742. The van der Waals surface area contributed by atoms with Crippen molar-refractivity contribution in [3.05, 3.63) is 58.2 Å². The fraction of sp³-hybridized carbons (Fsp3) is 0.0667. The zero-order chi connectivity index (χ0) is 14.1. The summed E-state index contributed by atoms with van der Waals surface area (Å²) in [5.74, 6) is 0. The van der Waals surface area contributed by atoms with Crippen LogP contribution in [0, 0.1) is 6.07 Å². The molecule has 4 N–H and O–H groups in total. The first-order valence-corrected chi connectivity index (χ1v) is 6.85. The van der Waals surface area contributed by atoms with Gasteiger partial charge in [0.15, 0.2) is 0 Å². The highest BCUT2D eigenvalue weighted by molar-refractivity contribution is 6.38. The summed E-state index contributed by atoms with van der Waals surface area (Å²) in [4.78, 5) is 3.11. The Hall–Kier alpha value is -1.84. The molecule has 0 bridgehead atoms. The molecule has 0 saturated carbocycles. The standard InChI is InChI=1S/C15H12Cl2N3/c16-12-5-9(6-13(17)15(12)18)8-20-11-1-2-14-10(7-11)3-4-19-14/h1-2,4-7,19-20H,8,18H2. The lowest BCUT2D eigenvalue weighted by molar-refractivity contribution is 1.15. The average molecular weight is 305 g/mol. The molecule has 0 aliphatic carbocycles. The fourth-order valence-electron chi connectivity index (χ4n) is 2.03. The second-order valence-corrected chi connectivity index (χ2v) is 5.33. The lowest BCUT2D eigenvalue weighted by Crippen LogP contribution is -2.00. The van der Waals surface area contributed by atoms with Crippen molar-refractivity contribution >= 4 is 45.5 Å². The van der Waals surface area contributed by atoms with Gasteiger partial charge in [0, 0.05) is 35.4 Å². The molecule has 1 aromatic heterocycles. The zero-order valence-electron chi connectivity index (χ0n) is 10.5. The van der Waals surface area contributed by atoms with Gasteiger partial charge in [-0.3, -0.25) is 0 Å². The van der Waals surface area contributed by atoms with Gasteiger partial charge in [0.1, 0.15) is 0 Å². The third-order valence-electron chi connectivity index (χ3n) is 3.11. The molecular weight excluding hydrogens is 293 g/mol. The molecule has 101 valence electrons. The van der Waals surface area contributed by atoms with E-state index in [0.29, 0.717) is 22.3 Å². The Balaban J connectivity index is 1.78. The van der Waals surface area contributed by atoms with E-state index in [0.717, 1.165) is 22.2 Å². The molecule has 5 heteroatoms. The Kier molecular flexibility index (Phi) is 3.47. The van der Waals surface area contributed by atoms with Crippen molar-refractivity contribution in [3.8, 4) is 0 Å². The van der Waals surface area contributed by atoms with Crippen molar-refractivity contribution in [1.29, 1.82) is 0 Å². The summed E-state index contributed by atoms with van der Waals surface area (Å²) in [6.45, 7) is 0.621. The molecule has 0 aliphatic rings. The number of rotatable bonds is 3. The number of hydrogen-bond donors (Lipinski definition) is 3. The highest BCUT2D eigenvalue weighted by atomic mass is 35.5. The van der Waals surface area contributed by atoms with E-state index >= 15 is 0 Å². The zero-order valence-corrected chi connectivity index (χ0v) is 12.0. The highest BCUT2D eigenvalue weighted by Gasteiger charge is 2.05. The maximum atomic E-state index is 6.02. The minimum Gasteiger partial charge on any atom is -0.396 e. The van der Waals surface area contributed by atoms with Crippen LogP contribution in [-0.2, 0) is 6.54 Å². The SMILES string of the molecule is Nc1c(Cl)cc(CNc2ccc3[nH]c[c]c3c2)cc1Cl. The molecule has 0 fully saturated rings. The maximum absolute atomic E-state index is 6.02. The fourth-order valence-corrected chi connectivity index (χ4v) is 2.57. The lowest BCUT2D eigenvalue weighted by atomic mass is 10.2. The van der Waals surface area contributed by atoms with Gasteiger partial charge < -0.3 is 16.0 Å². The number of H-pyrrole nitrogens is 1. The van der Waals surface area contributed by atoms with E-state index < -0.39 is 0 Å². The van der Waals surface area contributed by atoms with Gasteiger partial charge in [-0.1, -0.05) is 23.2 Å². The van der Waals surface area contributed by atoms with Gasteiger partial charge in [-0.15, -0.1) is 0 Å². The summed E-state index contributed by atoms with van der Waals surface area (Å²) in [5, 5.41) is 5.32. The van der Waals surface area contributed by atoms with E-state index in [1.807, 2.05) is 30.3 Å². The number of nitrogens with two attached hydrogens (primary N) is 1. The molecule has 0 unspecified atom stereocenters. The number of hydrogen-bond acceptors (Lipinski definition) is 2. The van der Waals surface area contributed by atoms with E-state index in [-0.39, 0.29) is 0 Å². The van der Waals surface area contributed by atoms with Crippen molar-refractivity contribution in [2.24, 2.45) is 0 Å². The number of benzene rings is 2. The number of fused-ring (bicyclic) bond motifs is 1. The first-order chi connectivity index (χ1) is 9.63. The molecule has 20 heavy (non-hydrogen) atoms. The number of anilines is 2. The second kappa shape index (κ2) is 5.27. The van der Waals surface area contributed by atoms with Crippen molar-refractivity contribution in [2.75, 3.05) is 11.1 Å². The number of nitrogen functional groups attached to an aromatic ring is 1. The predicted octanol–water partition coefficient (Wildman–Crippen LogP) is 4.47. The van der Waals surface area contributed by atoms with Crippen LogP contribution in [0.25, 0.3) is 10.9 Å². The molecule has 3 aromatic rings. The van der Waals surface area contributed by atoms with Crippen molar-refractivity contribution in [1.82, 2.24) is 4.98 Å². The third-order valence-corrected chi connectivity index (χ3v) is 3.74. The molecule has 1 radical (unpaired) electrons. The van der Waals surface area contributed by atoms with Crippen LogP contribution in [0.1, 0.15) is 5.56 Å². The molecule has 0 atom stereocenters. The van der Waals surface area contributed by atoms with Crippen LogP contribution in [0.2, 0.25) is 10.0 Å². The molecule has 3 nitrogen and oxygen atoms in total. The summed E-state index contributed by atoms with van der Waals surface area (Å²) in [7, 11) is 0. The van der Waals surface area contributed by atoms with Crippen LogP contribution >= 0.6 is 23.2 Å². The molecule has 1 heterocycles. The van der Waals surface area contributed by atoms with E-state index in [2.05, 4.69) is 16.4 Å². The number of aromatic nitrogens is 1. The van der Waals surface area contributed by atoms with Crippen molar-refractivity contribution in [2.45, 2.75) is 6.54 Å². The number of nitrogens with one attached hydrogen (secondary N) is 2. The average Bonchev–Trinajstić information content (AvgIpc) is 2.89. The van der Waals surface area contributed by atoms with E-state index in [4.69, 9.17) is 28.9 Å². The summed E-state index contributed by atoms with van der Waals surface area (Å²) < 4.78 is 0. The van der Waals surface area contributed by atoms with Gasteiger partial charge in [0.2, 0.25) is 0 Å². The minimum absolute atomic E-state index is 0.417. The van der Waals surface area contributed by atoms with Crippen LogP contribution in [0.5, 0.6) is 0 Å². The van der Waals surface area contributed by atoms with Gasteiger partial charge in [-0.2, -0.15) is 0 Å². The molecule has 0 saturated heterocycles. The molecule has 0 aliphatic heterocycles. The Labute approximate surface area is 126 Å². The first-order valence-electron chi connectivity index (χ1n) is 6.09. The normalized spacial score (nSPS) is 10.9. The van der Waals surface area contributed by atoms with Gasteiger partial charge in [-0.05, 0) is 35.9 Å². The smallest absolute Gasteiger partial charge is 0.0693 e. The maximum Gasteiger partial charge on any atom is 0.0693 e. The monoisotopic (exact) mass is 304 g/mol. The van der Waals surface area contributed by atoms with Crippen LogP contribution in [0.15, 0.2) is 36.5 Å². The molecular formula is C15H12Cl2N3. The topological polar surface area (TPSA) is 53.8 Å². The summed E-state index contributed by atoms with van der Waals surface area (Å²) in [6, 6.07) is 12.8. The van der Waals surface area contributed by atoms with Gasteiger partial charge >= 0.3 is 0 Å². The summed E-state index contributed by atoms with van der Waals surface area (Å²) in [6.07, 6.45) is 1.80. The third kappa shape index (κ3) is 2.55. The number of halogens is 2. The van der Waals surface area contributed by atoms with Gasteiger partial charge in [0.05, 0.1) is 15.7 Å². The molecule has 0 spiro atoms. The molecule has 0 amide bonds. The van der Waals surface area contributed by atoms with Crippen LogP contribution in [0.3, 0.4) is 0 Å². The number of aromatic amines is 1. The first kappa shape index (κ1) is 13.2. The summed E-state index contributed by atoms with van der Waals surface area (Å²) >= 11 is 12.0. The van der Waals surface area contributed by atoms with Crippen LogP contribution in [-0.4, -0.2) is 4.98 Å². The van der Waals surface area contributed by atoms with Crippen LogP contribution < -0.4 is 11.1 Å². The lowest BCUT2D eigenvalue weighted by Gasteiger charge is -2.09. The van der Waals surface area contributed by atoms with E-state index in [9.17, 15) is 0 Å². The Morgan fingerprint density at radius 2 is 1.90 bits per heavy atom. The van der Waals surface area contributed by atoms with Crippen molar-refractivity contribution in [3.63, 3.8) is 0 Å². The van der Waals surface area contributed by atoms with Crippen LogP contribution in [0.4, 0.5) is 11.4 Å². The molecule has 3 rings (SSSR count). The van der Waals surface area contributed by atoms with E-state index in [1.54, 1.807) is 6.20 Å². The van der Waals surface area contributed by atoms with Crippen molar-refractivity contribution < 1.29 is 0 Å². The Morgan fingerprint density at radius 1 is 1.15 bits per heavy atom. The second-order valence-electron chi connectivity index (χ2n) is 4.52. The highest BCUT2D eigenvalue weighted by Crippen LogP contribution is 2.29. The van der Waals surface area contributed by atoms with Gasteiger partial charge in [0.25, 0.3) is 0 Å². The van der Waals surface area contributed by atoms with Gasteiger partial charge in [-0.25, -0.2) is 0 Å². The largest absolute Gasteiger partial charge is 0.396 e.